The van der Waals surface area contributed by atoms with E-state index in [0.717, 1.165) is 31.5 Å². The lowest BCUT2D eigenvalue weighted by Crippen LogP contribution is -2.42. The first-order valence-corrected chi connectivity index (χ1v) is 41.4. The zero-order chi connectivity index (χ0) is 88.1. The van der Waals surface area contributed by atoms with Crippen molar-refractivity contribution < 1.29 is 56.3 Å². The molecular weight excluding hydrogens is 1680 g/mol. The van der Waals surface area contributed by atoms with Crippen LogP contribution in [0.5, 0.6) is 5.75 Å². The van der Waals surface area contributed by atoms with Crippen molar-refractivity contribution in [3.8, 4) is 5.75 Å². The van der Waals surface area contributed by atoms with Gasteiger partial charge in [0.15, 0.2) is 0 Å². The first kappa shape index (κ1) is 87.5. The first-order chi connectivity index (χ1) is 59.6. The van der Waals surface area contributed by atoms with Gasteiger partial charge in [-0.25, -0.2) is 37.1 Å². The molecule has 7 amide bonds. The van der Waals surface area contributed by atoms with Crippen molar-refractivity contribution in [3.63, 3.8) is 0 Å². The highest BCUT2D eigenvalue weighted by atomic mass is 35.5. The zero-order valence-electron chi connectivity index (χ0n) is 68.2. The number of nitrogens with one attached hydrogen (secondary N) is 2. The number of hydrogen-bond donors (Lipinski definition) is 2. The Kier molecular flexibility index (Phi) is 26.7. The molecule has 0 bridgehead atoms. The van der Waals surface area contributed by atoms with Crippen LogP contribution < -0.4 is 43.8 Å². The molecule has 19 rings (SSSR count). The molecule has 0 fully saturated rings. The SMILES string of the molecule is CN1CCCn2c(c3cnccn3c2=O)C1=O.CN1CCCn2c(c3n(c2=O)CCN(C(=O)Cc2ccc(F)c(Cl)c2)C3)C1=O.CN1CCCn2c(c3n(c2=O)CCN(C(=O)Cc2ccc(F)c(Cl)c2)C3)C1=O.CN1CCCn2c(c3n(c2=O)CCNC3)C1=O.O=C(Cc1ccc(F)c(Cl)c1)Oc1ccccc1.O=C1NCCCn2c1c1cnccn1c2=O. The molecule has 124 heavy (non-hydrogen) atoms. The van der Waals surface area contributed by atoms with Gasteiger partial charge in [-0.05, 0) is 97.3 Å². The molecule has 34 nitrogen and oxygen atoms in total. The average Bonchev–Trinajstić information content (AvgIpc) is 1.61. The number of para-hydroxylation sites is 1. The van der Waals surface area contributed by atoms with E-state index < -0.39 is 23.4 Å². The molecule has 0 spiro atoms. The van der Waals surface area contributed by atoms with Crippen molar-refractivity contribution in [2.75, 3.05) is 80.5 Å². The van der Waals surface area contributed by atoms with Gasteiger partial charge in [-0.1, -0.05) is 71.2 Å². The number of hydrogen-bond acceptors (Lipinski definition) is 17. The molecule has 0 saturated carbocycles. The number of fused-ring (bicyclic) bond motifs is 15. The number of nitrogens with zero attached hydrogens (tertiary/aromatic N) is 18. The Morgan fingerprint density at radius 3 is 1.22 bits per heavy atom. The van der Waals surface area contributed by atoms with Gasteiger partial charge in [0, 0.05) is 164 Å². The maximum Gasteiger partial charge on any atom is 0.333 e. The number of imidazole rings is 5. The predicted octanol–water partition coefficient (Wildman–Crippen LogP) is 5.46. The summed E-state index contributed by atoms with van der Waals surface area (Å²) in [6.07, 6.45) is 13.4. The number of carbonyl (C=O) groups excluding carboxylic acids is 8. The van der Waals surface area contributed by atoms with E-state index in [9.17, 15) is 75.5 Å². The molecular formula is C84H88Cl3F3N20O14. The highest BCUT2D eigenvalue weighted by Gasteiger charge is 2.37. The standard InChI is InChI=1S/2C19H20ClFN4O3.C14H10ClFO2.C11H16N4O2.C11H12N4O2.C10H10N4O2/c2*1-22-5-2-6-25-17(18(22)27)15-11-23(7-8-24(15)19(25)28)16(26)10-12-3-4-14(21)13(20)9-12;15-12-8-10(6-7-13(12)16)9-14(17)18-11-4-2-1-3-5-11;2*1-13-4-2-5-15-9(10(13)16)8-7-12-3-6-14(8)11(15)17;15-9-8-7-6-11-3-5-13(7)10(16)14(8)4-1-2-12-9/h2*3-4,9H,2,5-8,10-11H2,1H3;1-8H,9H2;12H,2-7H2,1H3;3,6-7H,2,4-5H2,1H3;3,5-6H,1-2,4H2,(H,12,15). The third kappa shape index (κ3) is 18.3. The van der Waals surface area contributed by atoms with Crippen LogP contribution in [-0.4, -0.2) is 213 Å². The molecule has 11 aromatic rings. The Morgan fingerprint density at radius 2 is 0.782 bits per heavy atom. The molecule has 0 saturated heterocycles. The van der Waals surface area contributed by atoms with Crippen LogP contribution in [0.3, 0.4) is 0 Å². The van der Waals surface area contributed by atoms with Gasteiger partial charge < -0.3 is 44.8 Å². The number of amides is 7. The molecule has 7 aromatic heterocycles. The fraction of sp³-hybridized carbons (Fsp3) is 0.369. The summed E-state index contributed by atoms with van der Waals surface area (Å²) >= 11 is 17.2. The van der Waals surface area contributed by atoms with Crippen molar-refractivity contribution in [3.05, 3.63) is 269 Å². The van der Waals surface area contributed by atoms with Crippen molar-refractivity contribution in [1.82, 2.24) is 95.3 Å². The van der Waals surface area contributed by atoms with Gasteiger partial charge in [-0.2, -0.15) is 0 Å². The Labute approximate surface area is 719 Å². The summed E-state index contributed by atoms with van der Waals surface area (Å²) in [5.74, 6) is -2.54. The van der Waals surface area contributed by atoms with Crippen LogP contribution in [0, 0.1) is 17.5 Å². The minimum absolute atomic E-state index is 0.0000103. The molecule has 0 atom stereocenters. The average molecular weight is 1770 g/mol. The second kappa shape index (κ2) is 37.9. The van der Waals surface area contributed by atoms with Crippen LogP contribution in [0.1, 0.15) is 118 Å². The predicted molar refractivity (Wildman–Crippen MR) is 448 cm³/mol. The first-order valence-electron chi connectivity index (χ1n) is 40.3. The van der Waals surface area contributed by atoms with Crippen molar-refractivity contribution in [2.24, 2.45) is 0 Å². The van der Waals surface area contributed by atoms with E-state index in [0.29, 0.717) is 191 Å². The summed E-state index contributed by atoms with van der Waals surface area (Å²) in [7, 11) is 6.98. The van der Waals surface area contributed by atoms with Crippen molar-refractivity contribution in [1.29, 1.82) is 0 Å². The second-order valence-electron chi connectivity index (χ2n) is 30.7. The fourth-order valence-corrected chi connectivity index (χ4v) is 16.7. The smallest absolute Gasteiger partial charge is 0.333 e. The minimum Gasteiger partial charge on any atom is -0.426 e. The lowest BCUT2D eigenvalue weighted by Gasteiger charge is -2.28. The lowest BCUT2D eigenvalue weighted by atomic mass is 10.1. The molecule has 8 aliphatic rings. The van der Waals surface area contributed by atoms with Gasteiger partial charge in [-0.3, -0.25) is 93.7 Å². The van der Waals surface area contributed by atoms with Gasteiger partial charge in [0.25, 0.3) is 29.5 Å². The van der Waals surface area contributed by atoms with Crippen molar-refractivity contribution >= 4 is 93.2 Å². The summed E-state index contributed by atoms with van der Waals surface area (Å²) in [4.78, 5) is 178. The van der Waals surface area contributed by atoms with E-state index in [1.165, 1.54) is 89.5 Å². The Balaban J connectivity index is 0.000000123. The van der Waals surface area contributed by atoms with E-state index in [1.54, 1.807) is 129 Å². The third-order valence-corrected chi connectivity index (χ3v) is 23.4. The quantitative estimate of drug-likeness (QED) is 0.148. The maximum atomic E-state index is 13.3. The summed E-state index contributed by atoms with van der Waals surface area (Å²) < 4.78 is 60.3. The number of carbonyl (C=O) groups is 8. The third-order valence-electron chi connectivity index (χ3n) is 22.5. The molecule has 2 N–H and O–H groups in total. The maximum absolute atomic E-state index is 13.3. The van der Waals surface area contributed by atoms with Crippen LogP contribution in [-0.2, 0) is 106 Å². The van der Waals surface area contributed by atoms with Crippen molar-refractivity contribution in [2.45, 2.75) is 123 Å². The van der Waals surface area contributed by atoms with Gasteiger partial charge in [0.1, 0.15) is 51.7 Å². The number of aromatic nitrogens is 12. The van der Waals surface area contributed by atoms with Gasteiger partial charge in [0.2, 0.25) is 11.8 Å². The topological polar surface area (TPSA) is 349 Å². The summed E-state index contributed by atoms with van der Waals surface area (Å²) in [6, 6.07) is 21.3. The van der Waals surface area contributed by atoms with Crippen LogP contribution in [0.4, 0.5) is 13.2 Å². The highest BCUT2D eigenvalue weighted by Crippen LogP contribution is 2.27. The van der Waals surface area contributed by atoms with Crippen LogP contribution in [0.2, 0.25) is 15.1 Å². The van der Waals surface area contributed by atoms with Gasteiger partial charge >= 0.3 is 34.4 Å². The van der Waals surface area contributed by atoms with E-state index in [2.05, 4.69) is 20.6 Å². The molecule has 650 valence electrons. The second-order valence-corrected chi connectivity index (χ2v) is 31.9. The molecule has 0 aliphatic carbocycles. The molecule has 0 radical (unpaired) electrons. The van der Waals surface area contributed by atoms with Crippen LogP contribution in [0.15, 0.2) is 146 Å². The highest BCUT2D eigenvalue weighted by molar-refractivity contribution is 6.31. The Morgan fingerprint density at radius 1 is 0.403 bits per heavy atom. The number of benzene rings is 4. The molecule has 4 aromatic carbocycles. The lowest BCUT2D eigenvalue weighted by molar-refractivity contribution is -0.134. The normalized spacial score (nSPS) is 15.9. The molecule has 15 heterocycles. The molecule has 40 heteroatoms. The summed E-state index contributed by atoms with van der Waals surface area (Å²) in [5, 5.41) is 5.93. The fourth-order valence-electron chi connectivity index (χ4n) is 16.1. The van der Waals surface area contributed by atoms with E-state index in [1.807, 2.05) is 6.07 Å². The molecule has 0 unspecified atom stereocenters. The van der Waals surface area contributed by atoms with E-state index >= 15 is 0 Å². The number of ether oxygens (including phenoxy) is 1. The minimum atomic E-state index is -0.529. The van der Waals surface area contributed by atoms with Crippen LogP contribution >= 0.6 is 34.8 Å². The Hall–Kier alpha value is -12.9. The summed E-state index contributed by atoms with van der Waals surface area (Å²) in [5.41, 5.74) is 6.46. The number of esters is 1. The van der Waals surface area contributed by atoms with Gasteiger partial charge in [0.05, 0.1) is 87.9 Å². The van der Waals surface area contributed by atoms with E-state index in [4.69, 9.17) is 39.5 Å². The number of halogens is 6. The Bertz CT molecular complexity index is 6190. The zero-order valence-corrected chi connectivity index (χ0v) is 70.4. The monoisotopic (exact) mass is 1760 g/mol. The van der Waals surface area contributed by atoms with E-state index in [-0.39, 0.29) is 117 Å². The molecule has 8 aliphatic heterocycles. The number of rotatable bonds is 7. The summed E-state index contributed by atoms with van der Waals surface area (Å²) in [6.45, 7) is 9.86. The van der Waals surface area contributed by atoms with Crippen LogP contribution in [0.25, 0.3) is 11.0 Å². The van der Waals surface area contributed by atoms with Gasteiger partial charge in [-0.15, -0.1) is 0 Å². The largest absolute Gasteiger partial charge is 0.426 e.